The van der Waals surface area contributed by atoms with Crippen molar-refractivity contribution in [1.82, 2.24) is 0 Å². The number of rotatable bonds is 3. The molecule has 1 aromatic carbocycles. The Labute approximate surface area is 96.3 Å². The second-order valence-electron chi connectivity index (χ2n) is 2.88. The molecule has 76 valence electrons. The van der Waals surface area contributed by atoms with Gasteiger partial charge in [0.15, 0.2) is 0 Å². The molecule has 0 fully saturated rings. The van der Waals surface area contributed by atoms with Gasteiger partial charge in [-0.3, -0.25) is 0 Å². The van der Waals surface area contributed by atoms with Crippen LogP contribution in [0.15, 0.2) is 12.1 Å². The van der Waals surface area contributed by atoms with Gasteiger partial charge < -0.3 is 9.53 Å². The van der Waals surface area contributed by atoms with Crippen molar-refractivity contribution in [2.24, 2.45) is 0 Å². The van der Waals surface area contributed by atoms with Gasteiger partial charge in [-0.05, 0) is 30.2 Å². The normalized spacial score (nSPS) is 12.3. The van der Waals surface area contributed by atoms with E-state index in [-0.39, 0.29) is 4.83 Å². The lowest BCUT2D eigenvalue weighted by molar-refractivity contribution is -0.107. The number of methoxy groups -OCH3 is 1. The Bertz CT molecular complexity index is 352. The maximum Gasteiger partial charge on any atom is 0.138 e. The number of hydrogen-bond acceptors (Lipinski definition) is 2. The molecule has 0 unspecified atom stereocenters. The minimum atomic E-state index is -0.314. The average molecular weight is 278 g/mol. The zero-order chi connectivity index (χ0) is 10.7. The van der Waals surface area contributed by atoms with Crippen LogP contribution in [0.4, 0.5) is 0 Å². The summed E-state index contributed by atoms with van der Waals surface area (Å²) in [6, 6.07) is 3.55. The van der Waals surface area contributed by atoms with Gasteiger partial charge in [-0.2, -0.15) is 0 Å². The summed E-state index contributed by atoms with van der Waals surface area (Å²) in [5, 5.41) is 0.513. The van der Waals surface area contributed by atoms with Gasteiger partial charge in [0.05, 0.1) is 17.0 Å². The average Bonchev–Trinajstić information content (AvgIpc) is 2.19. The molecule has 1 rings (SSSR count). The molecule has 0 aliphatic carbocycles. The van der Waals surface area contributed by atoms with Crippen molar-refractivity contribution in [3.8, 4) is 5.75 Å². The van der Waals surface area contributed by atoms with Crippen molar-refractivity contribution in [2.75, 3.05) is 7.11 Å². The Morgan fingerprint density at radius 1 is 1.57 bits per heavy atom. The van der Waals surface area contributed by atoms with E-state index >= 15 is 0 Å². The van der Waals surface area contributed by atoms with Crippen molar-refractivity contribution < 1.29 is 9.53 Å². The molecule has 4 heteroatoms. The van der Waals surface area contributed by atoms with Gasteiger partial charge in [-0.15, -0.1) is 0 Å². The minimum absolute atomic E-state index is 0.314. The quantitative estimate of drug-likeness (QED) is 0.626. The number of aldehydes is 1. The lowest BCUT2D eigenvalue weighted by Crippen LogP contribution is -1.96. The number of ether oxygens (including phenoxy) is 1. The van der Waals surface area contributed by atoms with Gasteiger partial charge in [0.2, 0.25) is 0 Å². The summed E-state index contributed by atoms with van der Waals surface area (Å²) in [6.07, 6.45) is 0.825. The molecule has 0 N–H and O–H groups in total. The molecular formula is C10H10BrClO2. The third-order valence-electron chi connectivity index (χ3n) is 1.96. The number of halogens is 2. The van der Waals surface area contributed by atoms with Gasteiger partial charge in [0.25, 0.3) is 0 Å². The van der Waals surface area contributed by atoms with Crippen molar-refractivity contribution in [3.05, 3.63) is 28.3 Å². The Hall–Kier alpha value is -0.540. The molecule has 0 amide bonds. The maximum absolute atomic E-state index is 10.6. The topological polar surface area (TPSA) is 26.3 Å². The van der Waals surface area contributed by atoms with E-state index in [4.69, 9.17) is 16.3 Å². The van der Waals surface area contributed by atoms with E-state index in [0.29, 0.717) is 10.8 Å². The molecule has 0 aliphatic rings. The number of alkyl halides is 1. The first-order valence-corrected chi connectivity index (χ1v) is 5.33. The zero-order valence-electron chi connectivity index (χ0n) is 7.88. The van der Waals surface area contributed by atoms with Crippen LogP contribution in [0.1, 0.15) is 16.0 Å². The SMILES string of the molecule is COc1cc(C)c([C@H](Br)C=O)cc1Cl. The second-order valence-corrected chi connectivity index (χ2v) is 4.27. The molecule has 0 aliphatic heterocycles. The highest BCUT2D eigenvalue weighted by molar-refractivity contribution is 9.09. The largest absolute Gasteiger partial charge is 0.495 e. The highest BCUT2D eigenvalue weighted by Crippen LogP contribution is 2.32. The molecule has 0 saturated carbocycles. The Kier molecular flexibility index (Phi) is 3.96. The molecule has 0 aromatic heterocycles. The second kappa shape index (κ2) is 4.80. The third kappa shape index (κ3) is 2.28. The summed E-state index contributed by atoms with van der Waals surface area (Å²) >= 11 is 9.19. The molecule has 14 heavy (non-hydrogen) atoms. The summed E-state index contributed by atoms with van der Waals surface area (Å²) in [5.74, 6) is 0.624. The first-order chi connectivity index (χ1) is 6.60. The molecule has 0 heterocycles. The number of benzene rings is 1. The highest BCUT2D eigenvalue weighted by atomic mass is 79.9. The van der Waals surface area contributed by atoms with E-state index in [2.05, 4.69) is 15.9 Å². The number of carbonyl (C=O) groups excluding carboxylic acids is 1. The Morgan fingerprint density at radius 2 is 2.21 bits per heavy atom. The van der Waals surface area contributed by atoms with Crippen LogP contribution in [0.5, 0.6) is 5.75 Å². The molecule has 0 bridgehead atoms. The molecule has 0 spiro atoms. The standard InChI is InChI=1S/C10H10BrClO2/c1-6-3-10(14-2)9(12)4-7(6)8(11)5-13/h3-5,8H,1-2H3/t8-/m1/s1. The monoisotopic (exact) mass is 276 g/mol. The van der Waals surface area contributed by atoms with Gasteiger partial charge in [0.1, 0.15) is 12.0 Å². The first kappa shape index (κ1) is 11.5. The van der Waals surface area contributed by atoms with Crippen LogP contribution < -0.4 is 4.74 Å². The van der Waals surface area contributed by atoms with Crippen LogP contribution >= 0.6 is 27.5 Å². The van der Waals surface area contributed by atoms with Crippen molar-refractivity contribution in [1.29, 1.82) is 0 Å². The number of aryl methyl sites for hydroxylation is 1. The van der Waals surface area contributed by atoms with E-state index < -0.39 is 0 Å². The molecular weight excluding hydrogens is 267 g/mol. The van der Waals surface area contributed by atoms with Gasteiger partial charge >= 0.3 is 0 Å². The summed E-state index contributed by atoms with van der Waals surface area (Å²) < 4.78 is 5.06. The van der Waals surface area contributed by atoms with Crippen LogP contribution in [-0.4, -0.2) is 13.4 Å². The summed E-state index contributed by atoms with van der Waals surface area (Å²) in [4.78, 5) is 10.3. The molecule has 0 radical (unpaired) electrons. The summed E-state index contributed by atoms with van der Waals surface area (Å²) in [6.45, 7) is 1.91. The fourth-order valence-corrected chi connectivity index (χ4v) is 1.94. The highest BCUT2D eigenvalue weighted by Gasteiger charge is 2.12. The lowest BCUT2D eigenvalue weighted by Gasteiger charge is -2.10. The smallest absolute Gasteiger partial charge is 0.138 e. The Morgan fingerprint density at radius 3 is 2.71 bits per heavy atom. The number of carbonyl (C=O) groups is 1. The molecule has 1 aromatic rings. The van der Waals surface area contributed by atoms with Crippen LogP contribution in [0, 0.1) is 6.92 Å². The fraction of sp³-hybridized carbons (Fsp3) is 0.300. The zero-order valence-corrected chi connectivity index (χ0v) is 10.2. The lowest BCUT2D eigenvalue weighted by atomic mass is 10.1. The molecule has 1 atom stereocenters. The van der Waals surface area contributed by atoms with E-state index in [1.807, 2.05) is 13.0 Å². The van der Waals surface area contributed by atoms with E-state index in [0.717, 1.165) is 17.4 Å². The molecule has 2 nitrogen and oxygen atoms in total. The van der Waals surface area contributed by atoms with Crippen molar-refractivity contribution in [2.45, 2.75) is 11.8 Å². The maximum atomic E-state index is 10.6. The van der Waals surface area contributed by atoms with Gasteiger partial charge in [-0.1, -0.05) is 27.5 Å². The Balaban J connectivity index is 3.21. The summed E-state index contributed by atoms with van der Waals surface area (Å²) in [7, 11) is 1.56. The minimum Gasteiger partial charge on any atom is -0.495 e. The van der Waals surface area contributed by atoms with Crippen LogP contribution in [0.25, 0.3) is 0 Å². The predicted octanol–water partition coefficient (Wildman–Crippen LogP) is 3.29. The van der Waals surface area contributed by atoms with Crippen LogP contribution in [-0.2, 0) is 4.79 Å². The van der Waals surface area contributed by atoms with Crippen LogP contribution in [0.3, 0.4) is 0 Å². The van der Waals surface area contributed by atoms with Crippen molar-refractivity contribution >= 4 is 33.8 Å². The van der Waals surface area contributed by atoms with Gasteiger partial charge in [0, 0.05) is 0 Å². The van der Waals surface area contributed by atoms with Crippen LogP contribution in [0.2, 0.25) is 5.02 Å². The van der Waals surface area contributed by atoms with Crippen molar-refractivity contribution in [3.63, 3.8) is 0 Å². The number of hydrogen-bond donors (Lipinski definition) is 0. The fourth-order valence-electron chi connectivity index (χ4n) is 1.20. The van der Waals surface area contributed by atoms with E-state index in [9.17, 15) is 4.79 Å². The predicted molar refractivity (Wildman–Crippen MR) is 60.5 cm³/mol. The first-order valence-electron chi connectivity index (χ1n) is 4.03. The van der Waals surface area contributed by atoms with Gasteiger partial charge in [-0.25, -0.2) is 0 Å². The third-order valence-corrected chi connectivity index (χ3v) is 2.96. The summed E-state index contributed by atoms with van der Waals surface area (Å²) in [5.41, 5.74) is 1.84. The van der Waals surface area contributed by atoms with E-state index in [1.165, 1.54) is 0 Å². The van der Waals surface area contributed by atoms with E-state index in [1.54, 1.807) is 13.2 Å². The molecule has 0 saturated heterocycles.